The van der Waals surface area contributed by atoms with Crippen LogP contribution in [0.4, 0.5) is 10.1 Å². The van der Waals surface area contributed by atoms with E-state index in [-0.39, 0.29) is 5.91 Å². The van der Waals surface area contributed by atoms with Gasteiger partial charge in [-0.05, 0) is 30.7 Å². The minimum absolute atomic E-state index is 0.329. The highest BCUT2D eigenvalue weighted by Gasteiger charge is 2.11. The Bertz CT molecular complexity index is 798. The van der Waals surface area contributed by atoms with E-state index in [1.807, 2.05) is 0 Å². The molecule has 0 atom stereocenters. The van der Waals surface area contributed by atoms with Gasteiger partial charge in [0.25, 0.3) is 5.91 Å². The van der Waals surface area contributed by atoms with E-state index < -0.39 is 5.82 Å². The lowest BCUT2D eigenvalue weighted by Gasteiger charge is -2.08. The molecule has 0 bridgehead atoms. The Morgan fingerprint density at radius 1 is 1.30 bits per heavy atom. The lowest BCUT2D eigenvalue weighted by Crippen LogP contribution is -2.13. The van der Waals surface area contributed by atoms with E-state index in [1.165, 1.54) is 18.3 Å². The number of H-pyrrole nitrogens is 1. The van der Waals surface area contributed by atoms with E-state index in [0.717, 1.165) is 5.56 Å². The standard InChI is InChI=1S/C13H10FN5O/c1-7-2-3-9(14)5-10(7)16-13(20)8-4-11-12(15-6-8)18-19-17-11/h2-6H,1H3,(H,16,20)(H,15,17,18,19). The van der Waals surface area contributed by atoms with Crippen molar-refractivity contribution in [3.8, 4) is 0 Å². The topological polar surface area (TPSA) is 83.6 Å². The summed E-state index contributed by atoms with van der Waals surface area (Å²) in [5, 5.41) is 12.7. The molecule has 7 heteroatoms. The van der Waals surface area contributed by atoms with E-state index in [0.29, 0.717) is 22.4 Å². The first-order valence-electron chi connectivity index (χ1n) is 5.87. The number of aromatic nitrogens is 4. The smallest absolute Gasteiger partial charge is 0.257 e. The number of nitrogens with one attached hydrogen (secondary N) is 2. The summed E-state index contributed by atoms with van der Waals surface area (Å²) in [6.07, 6.45) is 1.40. The molecule has 0 aliphatic rings. The molecule has 1 amide bonds. The van der Waals surface area contributed by atoms with E-state index in [1.54, 1.807) is 19.1 Å². The third-order valence-corrected chi connectivity index (χ3v) is 2.88. The Hall–Kier alpha value is -2.83. The van der Waals surface area contributed by atoms with Gasteiger partial charge in [-0.1, -0.05) is 6.07 Å². The van der Waals surface area contributed by atoms with Crippen LogP contribution in [-0.2, 0) is 0 Å². The lowest BCUT2D eigenvalue weighted by molar-refractivity contribution is 0.102. The molecule has 0 radical (unpaired) electrons. The fraction of sp³-hybridized carbons (Fsp3) is 0.0769. The van der Waals surface area contributed by atoms with Crippen molar-refractivity contribution in [3.63, 3.8) is 0 Å². The summed E-state index contributed by atoms with van der Waals surface area (Å²) in [6.45, 7) is 1.79. The molecule has 0 aliphatic heterocycles. The van der Waals surface area contributed by atoms with Crippen LogP contribution in [0.25, 0.3) is 11.2 Å². The van der Waals surface area contributed by atoms with Crippen LogP contribution in [0.2, 0.25) is 0 Å². The number of aromatic amines is 1. The van der Waals surface area contributed by atoms with E-state index in [4.69, 9.17) is 0 Å². The van der Waals surface area contributed by atoms with Gasteiger partial charge in [-0.3, -0.25) is 4.79 Å². The highest BCUT2D eigenvalue weighted by Crippen LogP contribution is 2.17. The first kappa shape index (κ1) is 12.2. The zero-order valence-electron chi connectivity index (χ0n) is 10.5. The number of benzene rings is 1. The number of aryl methyl sites for hydroxylation is 1. The van der Waals surface area contributed by atoms with Crippen LogP contribution in [0.5, 0.6) is 0 Å². The molecule has 2 aromatic heterocycles. The SMILES string of the molecule is Cc1ccc(F)cc1NC(=O)c1cnc2n[nH]nc2c1. The fourth-order valence-corrected chi connectivity index (χ4v) is 1.79. The van der Waals surface area contributed by atoms with Crippen molar-refractivity contribution in [2.24, 2.45) is 0 Å². The molecule has 2 N–H and O–H groups in total. The zero-order chi connectivity index (χ0) is 14.1. The van der Waals surface area contributed by atoms with E-state index in [9.17, 15) is 9.18 Å². The van der Waals surface area contributed by atoms with Gasteiger partial charge in [0.1, 0.15) is 11.3 Å². The number of carbonyl (C=O) groups is 1. The van der Waals surface area contributed by atoms with Crippen molar-refractivity contribution in [3.05, 3.63) is 47.4 Å². The van der Waals surface area contributed by atoms with Crippen LogP contribution in [0.1, 0.15) is 15.9 Å². The van der Waals surface area contributed by atoms with Gasteiger partial charge >= 0.3 is 0 Å². The number of amides is 1. The zero-order valence-corrected chi connectivity index (χ0v) is 10.5. The molecule has 0 unspecified atom stereocenters. The molecular formula is C13H10FN5O. The molecule has 20 heavy (non-hydrogen) atoms. The second-order valence-corrected chi connectivity index (χ2v) is 4.30. The van der Waals surface area contributed by atoms with E-state index in [2.05, 4.69) is 25.7 Å². The Kier molecular flexibility index (Phi) is 2.86. The second kappa shape index (κ2) is 4.69. The summed E-state index contributed by atoms with van der Waals surface area (Å²) in [7, 11) is 0. The number of nitrogens with zero attached hydrogens (tertiary/aromatic N) is 3. The number of anilines is 1. The Labute approximate surface area is 113 Å². The van der Waals surface area contributed by atoms with Crippen molar-refractivity contribution < 1.29 is 9.18 Å². The van der Waals surface area contributed by atoms with Crippen molar-refractivity contribution in [1.29, 1.82) is 0 Å². The van der Waals surface area contributed by atoms with Gasteiger partial charge in [0.15, 0.2) is 0 Å². The molecule has 0 spiro atoms. The van der Waals surface area contributed by atoms with Gasteiger partial charge in [-0.2, -0.15) is 10.3 Å². The maximum atomic E-state index is 13.2. The highest BCUT2D eigenvalue weighted by molar-refractivity contribution is 6.05. The summed E-state index contributed by atoms with van der Waals surface area (Å²) in [5.41, 5.74) is 2.46. The molecule has 3 rings (SSSR count). The second-order valence-electron chi connectivity index (χ2n) is 4.30. The number of carbonyl (C=O) groups excluding carboxylic acids is 1. The van der Waals surface area contributed by atoms with Gasteiger partial charge in [0, 0.05) is 11.9 Å². The molecule has 0 saturated carbocycles. The molecule has 1 aromatic carbocycles. The normalized spacial score (nSPS) is 10.7. The predicted molar refractivity (Wildman–Crippen MR) is 70.8 cm³/mol. The van der Waals surface area contributed by atoms with Gasteiger partial charge < -0.3 is 5.32 Å². The number of pyridine rings is 1. The molecule has 0 saturated heterocycles. The highest BCUT2D eigenvalue weighted by atomic mass is 19.1. The number of hydrogen-bond acceptors (Lipinski definition) is 4. The predicted octanol–water partition coefficient (Wildman–Crippen LogP) is 2.05. The fourth-order valence-electron chi connectivity index (χ4n) is 1.79. The Morgan fingerprint density at radius 3 is 3.00 bits per heavy atom. The molecule has 3 aromatic rings. The van der Waals surface area contributed by atoms with Crippen LogP contribution in [-0.4, -0.2) is 26.3 Å². The third-order valence-electron chi connectivity index (χ3n) is 2.88. The van der Waals surface area contributed by atoms with E-state index >= 15 is 0 Å². The first-order valence-corrected chi connectivity index (χ1v) is 5.87. The minimum Gasteiger partial charge on any atom is -0.322 e. The summed E-state index contributed by atoms with van der Waals surface area (Å²) in [5.74, 6) is -0.785. The summed E-state index contributed by atoms with van der Waals surface area (Å²) in [6, 6.07) is 5.78. The number of fused-ring (bicyclic) bond motifs is 1. The number of hydrogen-bond donors (Lipinski definition) is 2. The minimum atomic E-state index is -0.407. The molecule has 100 valence electrons. The summed E-state index contributed by atoms with van der Waals surface area (Å²) >= 11 is 0. The molecule has 0 fully saturated rings. The van der Waals surface area contributed by atoms with Crippen LogP contribution < -0.4 is 5.32 Å². The van der Waals surface area contributed by atoms with Crippen molar-refractivity contribution in [2.75, 3.05) is 5.32 Å². The van der Waals surface area contributed by atoms with Crippen LogP contribution in [0.15, 0.2) is 30.5 Å². The maximum absolute atomic E-state index is 13.2. The van der Waals surface area contributed by atoms with Crippen LogP contribution >= 0.6 is 0 Å². The first-order chi connectivity index (χ1) is 9.63. The van der Waals surface area contributed by atoms with Crippen molar-refractivity contribution >= 4 is 22.8 Å². The van der Waals surface area contributed by atoms with Crippen LogP contribution in [0, 0.1) is 12.7 Å². The molecule has 2 heterocycles. The summed E-state index contributed by atoms with van der Waals surface area (Å²) < 4.78 is 13.2. The maximum Gasteiger partial charge on any atom is 0.257 e. The molecular weight excluding hydrogens is 261 g/mol. The molecule has 6 nitrogen and oxygen atoms in total. The Morgan fingerprint density at radius 2 is 2.15 bits per heavy atom. The van der Waals surface area contributed by atoms with Gasteiger partial charge in [-0.15, -0.1) is 5.10 Å². The van der Waals surface area contributed by atoms with Gasteiger partial charge in [0.2, 0.25) is 5.65 Å². The lowest BCUT2D eigenvalue weighted by atomic mass is 10.2. The summed E-state index contributed by atoms with van der Waals surface area (Å²) in [4.78, 5) is 16.1. The Balaban J connectivity index is 1.90. The number of rotatable bonds is 2. The van der Waals surface area contributed by atoms with Crippen LogP contribution in [0.3, 0.4) is 0 Å². The largest absolute Gasteiger partial charge is 0.322 e. The van der Waals surface area contributed by atoms with Crippen molar-refractivity contribution in [1.82, 2.24) is 20.4 Å². The van der Waals surface area contributed by atoms with Gasteiger partial charge in [-0.25, -0.2) is 9.37 Å². The average Bonchev–Trinajstić information content (AvgIpc) is 2.90. The average molecular weight is 271 g/mol. The van der Waals surface area contributed by atoms with Gasteiger partial charge in [0.05, 0.1) is 5.56 Å². The van der Waals surface area contributed by atoms with Crippen molar-refractivity contribution in [2.45, 2.75) is 6.92 Å². The number of halogens is 1. The monoisotopic (exact) mass is 271 g/mol. The molecule has 0 aliphatic carbocycles. The third kappa shape index (κ3) is 2.20. The quantitative estimate of drug-likeness (QED) is 0.747.